The van der Waals surface area contributed by atoms with Gasteiger partial charge in [0.15, 0.2) is 11.3 Å². The molecule has 0 radical (unpaired) electrons. The number of amides is 1. The van der Waals surface area contributed by atoms with E-state index in [0.29, 0.717) is 104 Å². The topological polar surface area (TPSA) is 186 Å². The average Bonchev–Trinajstić information content (AvgIpc) is 3.79. The molecule has 0 saturated heterocycles. The van der Waals surface area contributed by atoms with E-state index in [4.69, 9.17) is 18.9 Å². The molecular formula is C54H48F6N8O7. The van der Waals surface area contributed by atoms with Gasteiger partial charge in [-0.25, -0.2) is 14.8 Å². The number of nitrogens with zero attached hydrogens (tertiary/aromatic N) is 5. The molecule has 0 bridgehead atoms. The van der Waals surface area contributed by atoms with Crippen molar-refractivity contribution in [3.63, 3.8) is 0 Å². The Kier molecular flexibility index (Phi) is 15.1. The lowest BCUT2D eigenvalue weighted by molar-refractivity contribution is -0.132. The van der Waals surface area contributed by atoms with Crippen LogP contribution >= 0.6 is 0 Å². The molecule has 1 aliphatic carbocycles. The number of hydrogen-bond acceptors (Lipinski definition) is 11. The number of nitriles is 1. The Hall–Kier alpha value is -8.93. The van der Waals surface area contributed by atoms with Crippen molar-refractivity contribution in [2.24, 2.45) is 0 Å². The number of carboxylic acid groups (broad SMARTS) is 1. The fraction of sp³-hybridized carbons (Fsp3) is 0.241. The van der Waals surface area contributed by atoms with Gasteiger partial charge in [-0.1, -0.05) is 24.3 Å². The fourth-order valence-corrected chi connectivity index (χ4v) is 8.02. The average molecular weight is 1040 g/mol. The van der Waals surface area contributed by atoms with Gasteiger partial charge in [-0.2, -0.15) is 31.6 Å². The molecule has 4 aromatic heterocycles. The number of hydrogen-bond donors (Lipinski definition) is 4. The van der Waals surface area contributed by atoms with Crippen LogP contribution in [0.2, 0.25) is 0 Å². The summed E-state index contributed by atoms with van der Waals surface area (Å²) in [7, 11) is 3.07. The number of imidazole rings is 2. The molecule has 0 aliphatic heterocycles. The van der Waals surface area contributed by atoms with E-state index >= 15 is 0 Å². The van der Waals surface area contributed by atoms with E-state index in [-0.39, 0.29) is 24.6 Å². The maximum atomic E-state index is 12.8. The summed E-state index contributed by atoms with van der Waals surface area (Å²) in [5.41, 5.74) is 5.37. The van der Waals surface area contributed by atoms with Gasteiger partial charge in [-0.05, 0) is 86.3 Å². The first kappa shape index (κ1) is 52.4. The largest absolute Gasteiger partial charge is 0.497 e. The Morgan fingerprint density at radius 1 is 0.653 bits per heavy atom. The van der Waals surface area contributed by atoms with Gasteiger partial charge in [0.25, 0.3) is 5.91 Å². The van der Waals surface area contributed by atoms with Crippen LogP contribution in [0.4, 0.5) is 37.7 Å². The number of carbonyl (C=O) groups excluding carboxylic acids is 1. The standard InChI is InChI=1S/C29H26F3N5O3.C25H22F3N3O4/c1-18-12-19(6-7-23(18)27(38)36-28(17-33)8-9-28)25-15-35-26-24(34-11-10-29(30,31)32)14-22(16-37(25)26)40-21-5-3-4-20(13-21)39-2;1-15-10-16(6-7-20(15)24(32)33)22-13-30-23-21(29-9-8-25(26,27)28)12-19(14-31(22)23)35-18-5-3-4-17(11-18)34-2/h3-7,12-16,34H,8-11H2,1-2H3,(H,36,38);3-7,10-14,29H,8-9H2,1-2H3,(H,32,33). The van der Waals surface area contributed by atoms with Crippen molar-refractivity contribution >= 4 is 34.5 Å². The summed E-state index contributed by atoms with van der Waals surface area (Å²) in [5.74, 6) is 1.53. The quantitative estimate of drug-likeness (QED) is 0.0634. The molecule has 1 amide bonds. The molecule has 388 valence electrons. The molecule has 0 spiro atoms. The number of aryl methyl sites for hydroxylation is 2. The van der Waals surface area contributed by atoms with Crippen molar-refractivity contribution in [3.8, 4) is 63.1 Å². The smallest absolute Gasteiger partial charge is 0.390 e. The van der Waals surface area contributed by atoms with Gasteiger partial charge < -0.3 is 40.0 Å². The van der Waals surface area contributed by atoms with Crippen molar-refractivity contribution < 1.29 is 60.0 Å². The highest BCUT2D eigenvalue weighted by Gasteiger charge is 2.45. The fourth-order valence-electron chi connectivity index (χ4n) is 8.02. The summed E-state index contributed by atoms with van der Waals surface area (Å²) in [5, 5.41) is 27.1. The first-order valence-electron chi connectivity index (χ1n) is 23.2. The SMILES string of the molecule is COc1cccc(Oc2cc(NCCC(F)(F)F)c3ncc(-c4ccc(C(=O)NC5(C#N)CC5)c(C)c4)n3c2)c1.COc1cccc(Oc2cc(NCCC(F)(F)F)c3ncc(-c4ccc(C(=O)O)c(C)c4)n3c2)c1. The van der Waals surface area contributed by atoms with Crippen LogP contribution in [-0.4, -0.2) is 81.0 Å². The summed E-state index contributed by atoms with van der Waals surface area (Å²) in [6.45, 7) is 2.82. The molecule has 1 fully saturated rings. The minimum absolute atomic E-state index is 0.180. The number of pyridine rings is 2. The molecule has 4 aromatic carbocycles. The highest BCUT2D eigenvalue weighted by Crippen LogP contribution is 2.37. The summed E-state index contributed by atoms with van der Waals surface area (Å²) in [6, 6.07) is 29.4. The third-order valence-corrected chi connectivity index (χ3v) is 12.0. The van der Waals surface area contributed by atoms with Crippen LogP contribution in [-0.2, 0) is 0 Å². The van der Waals surface area contributed by atoms with Crippen LogP contribution in [0, 0.1) is 25.2 Å². The number of carbonyl (C=O) groups is 2. The van der Waals surface area contributed by atoms with E-state index in [2.05, 4.69) is 32.0 Å². The lowest BCUT2D eigenvalue weighted by Gasteiger charge is -2.14. The van der Waals surface area contributed by atoms with Crippen molar-refractivity contribution in [1.29, 1.82) is 5.26 Å². The minimum Gasteiger partial charge on any atom is -0.497 e. The van der Waals surface area contributed by atoms with Gasteiger partial charge in [0.05, 0.1) is 86.2 Å². The van der Waals surface area contributed by atoms with Gasteiger partial charge in [-0.15, -0.1) is 0 Å². The Balaban J connectivity index is 0.000000201. The van der Waals surface area contributed by atoms with Crippen LogP contribution in [0.5, 0.6) is 34.5 Å². The van der Waals surface area contributed by atoms with Crippen molar-refractivity contribution in [3.05, 3.63) is 144 Å². The van der Waals surface area contributed by atoms with E-state index in [1.54, 1.807) is 132 Å². The predicted molar refractivity (Wildman–Crippen MR) is 267 cm³/mol. The maximum absolute atomic E-state index is 12.8. The molecule has 4 N–H and O–H groups in total. The van der Waals surface area contributed by atoms with E-state index < -0.39 is 36.7 Å². The number of aromatic carboxylic acids is 1. The molecule has 21 heteroatoms. The number of ether oxygens (including phenoxy) is 4. The Labute approximate surface area is 425 Å². The number of alkyl halides is 6. The summed E-state index contributed by atoms with van der Waals surface area (Å²) in [4.78, 5) is 33.0. The molecule has 8 aromatic rings. The lowest BCUT2D eigenvalue weighted by atomic mass is 10.0. The highest BCUT2D eigenvalue weighted by molar-refractivity contribution is 5.97. The van der Waals surface area contributed by atoms with Gasteiger partial charge in [0.2, 0.25) is 0 Å². The molecule has 0 unspecified atom stereocenters. The molecular weight excluding hydrogens is 987 g/mol. The molecule has 4 heterocycles. The lowest BCUT2D eigenvalue weighted by Crippen LogP contribution is -2.35. The number of methoxy groups -OCH3 is 2. The summed E-state index contributed by atoms with van der Waals surface area (Å²) >= 11 is 0. The van der Waals surface area contributed by atoms with Crippen LogP contribution < -0.4 is 34.9 Å². The van der Waals surface area contributed by atoms with Crippen LogP contribution in [0.15, 0.2) is 122 Å². The van der Waals surface area contributed by atoms with Gasteiger partial charge >= 0.3 is 18.3 Å². The number of fused-ring (bicyclic) bond motifs is 2. The third-order valence-electron chi connectivity index (χ3n) is 12.0. The zero-order chi connectivity index (χ0) is 53.7. The van der Waals surface area contributed by atoms with Crippen LogP contribution in [0.25, 0.3) is 33.8 Å². The van der Waals surface area contributed by atoms with Gasteiger partial charge in [0.1, 0.15) is 40.0 Å². The second-order valence-corrected chi connectivity index (χ2v) is 17.5. The highest BCUT2D eigenvalue weighted by atomic mass is 19.4. The normalized spacial score (nSPS) is 12.8. The molecule has 1 saturated carbocycles. The predicted octanol–water partition coefficient (Wildman–Crippen LogP) is 12.4. The molecule has 75 heavy (non-hydrogen) atoms. The molecule has 15 nitrogen and oxygen atoms in total. The Bertz CT molecular complexity index is 3450. The molecule has 0 atom stereocenters. The van der Waals surface area contributed by atoms with E-state index in [0.717, 1.165) is 5.56 Å². The van der Waals surface area contributed by atoms with Crippen molar-refractivity contribution in [1.82, 2.24) is 24.1 Å². The van der Waals surface area contributed by atoms with Crippen LogP contribution in [0.1, 0.15) is 57.5 Å². The minimum atomic E-state index is -4.31. The second kappa shape index (κ2) is 21.7. The van der Waals surface area contributed by atoms with Gasteiger partial charge in [-0.3, -0.25) is 13.6 Å². The third kappa shape index (κ3) is 12.8. The number of nitrogens with one attached hydrogen (secondary N) is 3. The van der Waals surface area contributed by atoms with Crippen molar-refractivity contribution in [2.75, 3.05) is 37.9 Å². The monoisotopic (exact) mass is 1030 g/mol. The van der Waals surface area contributed by atoms with Gasteiger partial charge in [0, 0.05) is 54.0 Å². The Morgan fingerprint density at radius 2 is 1.09 bits per heavy atom. The summed E-state index contributed by atoms with van der Waals surface area (Å²) < 4.78 is 103. The number of rotatable bonds is 17. The number of carboxylic acids is 1. The second-order valence-electron chi connectivity index (χ2n) is 17.5. The number of anilines is 2. The van der Waals surface area contributed by atoms with Crippen molar-refractivity contribution in [2.45, 2.75) is 57.4 Å². The first-order valence-corrected chi connectivity index (χ1v) is 23.2. The van der Waals surface area contributed by atoms with Crippen LogP contribution in [0.3, 0.4) is 0 Å². The van der Waals surface area contributed by atoms with E-state index in [1.807, 2.05) is 6.07 Å². The zero-order valence-corrected chi connectivity index (χ0v) is 40.7. The Morgan fingerprint density at radius 3 is 1.48 bits per heavy atom. The van der Waals surface area contributed by atoms with E-state index in [1.165, 1.54) is 20.3 Å². The summed E-state index contributed by atoms with van der Waals surface area (Å²) in [6.07, 6.45) is -2.80. The number of halogens is 6. The number of benzene rings is 4. The van der Waals surface area contributed by atoms with E-state index in [9.17, 15) is 46.3 Å². The molecule has 9 rings (SSSR count). The molecule has 1 aliphatic rings. The first-order chi connectivity index (χ1) is 35.7. The number of aromatic nitrogens is 4. The maximum Gasteiger partial charge on any atom is 0.390 e. The zero-order valence-electron chi connectivity index (χ0n) is 40.7.